The van der Waals surface area contributed by atoms with E-state index in [1.54, 1.807) is 14.2 Å². The third kappa shape index (κ3) is 8.63. The van der Waals surface area contributed by atoms with Gasteiger partial charge in [-0.15, -0.1) is 0 Å². The molecule has 0 atom stereocenters. The fourth-order valence-electron chi connectivity index (χ4n) is 3.18. The van der Waals surface area contributed by atoms with Crippen LogP contribution in [-0.4, -0.2) is 31.9 Å². The molecule has 0 fully saturated rings. The molecule has 0 aliphatic rings. The van der Waals surface area contributed by atoms with E-state index in [2.05, 4.69) is 21.3 Å². The van der Waals surface area contributed by atoms with Crippen LogP contribution in [0.1, 0.15) is 12.0 Å². The summed E-state index contributed by atoms with van der Waals surface area (Å²) in [6, 6.07) is 16.2. The van der Waals surface area contributed by atoms with Gasteiger partial charge in [0.05, 0.1) is 7.11 Å². The zero-order valence-corrected chi connectivity index (χ0v) is 20.7. The second-order valence-electron chi connectivity index (χ2n) is 7.90. The third-order valence-corrected chi connectivity index (χ3v) is 5.07. The van der Waals surface area contributed by atoms with E-state index in [1.165, 1.54) is 42.5 Å². The molecule has 0 radical (unpaired) electrons. The van der Waals surface area contributed by atoms with Gasteiger partial charge in [-0.1, -0.05) is 12.1 Å². The average Bonchev–Trinajstić information content (AvgIpc) is 2.89. The highest BCUT2D eigenvalue weighted by Crippen LogP contribution is 2.22. The van der Waals surface area contributed by atoms with E-state index in [0.717, 1.165) is 17.4 Å². The van der Waals surface area contributed by atoms with Gasteiger partial charge in [0.15, 0.2) is 11.6 Å². The van der Waals surface area contributed by atoms with Gasteiger partial charge in [0.1, 0.15) is 23.8 Å². The number of rotatable bonds is 11. The van der Waals surface area contributed by atoms with Crippen molar-refractivity contribution in [3.63, 3.8) is 0 Å². The number of benzene rings is 3. The fraction of sp³-hybridized carbons (Fsp3) is 0.148. The molecule has 0 spiro atoms. The van der Waals surface area contributed by atoms with Crippen molar-refractivity contribution in [1.29, 1.82) is 5.41 Å². The SMILES string of the molecule is CN/C(=C\C(=N)Oc1ccc(NC(=O)CC(=O)Nc2ccc(F)cc2)cc1F)NCc1ccc(OC)cc1. The van der Waals surface area contributed by atoms with Crippen LogP contribution in [0.5, 0.6) is 11.5 Å². The van der Waals surface area contributed by atoms with Crippen LogP contribution in [0.25, 0.3) is 0 Å². The molecule has 0 bridgehead atoms. The summed E-state index contributed by atoms with van der Waals surface area (Å²) < 4.78 is 37.9. The van der Waals surface area contributed by atoms with Gasteiger partial charge in [0.2, 0.25) is 17.7 Å². The van der Waals surface area contributed by atoms with Gasteiger partial charge >= 0.3 is 0 Å². The molecule has 0 saturated carbocycles. The standard InChI is InChI=1S/C27H27F2N5O4/c1-31-25(32-16-17-3-10-21(37-2)11-4-17)14-24(30)38-23-12-9-20(13-22(23)29)34-27(36)15-26(35)33-19-7-5-18(28)6-8-19/h3-14,30-32H,15-16H2,1-2H3,(H,33,35)(H,34,36)/b25-14+,30-24?. The second-order valence-corrected chi connectivity index (χ2v) is 7.90. The first-order chi connectivity index (χ1) is 18.2. The third-order valence-electron chi connectivity index (χ3n) is 5.07. The molecule has 0 saturated heterocycles. The summed E-state index contributed by atoms with van der Waals surface area (Å²) in [5, 5.41) is 19.0. The molecule has 38 heavy (non-hydrogen) atoms. The lowest BCUT2D eigenvalue weighted by atomic mass is 10.2. The number of methoxy groups -OCH3 is 1. The Morgan fingerprint density at radius 1 is 0.921 bits per heavy atom. The number of hydrogen-bond donors (Lipinski definition) is 5. The molecule has 3 aromatic rings. The maximum atomic E-state index is 14.5. The quantitative estimate of drug-likeness (QED) is 0.146. The largest absolute Gasteiger partial charge is 0.497 e. The number of anilines is 2. The van der Waals surface area contributed by atoms with Gasteiger partial charge < -0.3 is 30.7 Å². The number of ether oxygens (including phenoxy) is 2. The van der Waals surface area contributed by atoms with Crippen molar-refractivity contribution in [2.75, 3.05) is 24.8 Å². The monoisotopic (exact) mass is 523 g/mol. The van der Waals surface area contributed by atoms with Crippen LogP contribution in [0.2, 0.25) is 0 Å². The Morgan fingerprint density at radius 3 is 2.16 bits per heavy atom. The molecule has 5 N–H and O–H groups in total. The van der Waals surface area contributed by atoms with Crippen molar-refractivity contribution in [1.82, 2.24) is 10.6 Å². The zero-order chi connectivity index (χ0) is 27.5. The van der Waals surface area contributed by atoms with E-state index in [4.69, 9.17) is 14.9 Å². The molecule has 3 aromatic carbocycles. The van der Waals surface area contributed by atoms with Crippen LogP contribution in [0.3, 0.4) is 0 Å². The first-order valence-electron chi connectivity index (χ1n) is 11.4. The molecule has 0 aromatic heterocycles. The minimum Gasteiger partial charge on any atom is -0.497 e. The van der Waals surface area contributed by atoms with Gasteiger partial charge in [-0.2, -0.15) is 0 Å². The average molecular weight is 524 g/mol. The summed E-state index contributed by atoms with van der Waals surface area (Å²) in [4.78, 5) is 24.1. The molecule has 2 amide bonds. The molecule has 0 heterocycles. The number of nitrogens with one attached hydrogen (secondary N) is 5. The van der Waals surface area contributed by atoms with Crippen molar-refractivity contribution in [3.05, 3.63) is 95.8 Å². The lowest BCUT2D eigenvalue weighted by Crippen LogP contribution is -2.25. The maximum absolute atomic E-state index is 14.5. The number of carbonyl (C=O) groups is 2. The molecule has 0 unspecified atom stereocenters. The molecule has 3 rings (SSSR count). The van der Waals surface area contributed by atoms with Crippen molar-refractivity contribution in [3.8, 4) is 11.5 Å². The van der Waals surface area contributed by atoms with Gasteiger partial charge in [-0.05, 0) is 54.1 Å². The number of amides is 2. The van der Waals surface area contributed by atoms with Crippen LogP contribution in [0.15, 0.2) is 78.6 Å². The van der Waals surface area contributed by atoms with E-state index in [-0.39, 0.29) is 17.3 Å². The highest BCUT2D eigenvalue weighted by molar-refractivity contribution is 6.08. The minimum atomic E-state index is -0.811. The van der Waals surface area contributed by atoms with Crippen molar-refractivity contribution < 1.29 is 27.8 Å². The highest BCUT2D eigenvalue weighted by atomic mass is 19.1. The Hall–Kier alpha value is -4.93. The van der Waals surface area contributed by atoms with Crippen molar-refractivity contribution >= 4 is 29.1 Å². The summed E-state index contributed by atoms with van der Waals surface area (Å²) in [5.74, 6) is -1.87. The summed E-state index contributed by atoms with van der Waals surface area (Å²) in [6.45, 7) is 0.467. The van der Waals surface area contributed by atoms with Gasteiger partial charge in [-0.25, -0.2) is 8.78 Å². The number of halogens is 2. The van der Waals surface area contributed by atoms with Crippen LogP contribution >= 0.6 is 0 Å². The number of carbonyl (C=O) groups excluding carboxylic acids is 2. The molecule has 0 aliphatic carbocycles. The smallest absolute Gasteiger partial charge is 0.233 e. The Labute approximate surface area is 218 Å². The first-order valence-corrected chi connectivity index (χ1v) is 11.4. The van der Waals surface area contributed by atoms with E-state index in [0.29, 0.717) is 18.1 Å². The summed E-state index contributed by atoms with van der Waals surface area (Å²) >= 11 is 0. The summed E-state index contributed by atoms with van der Waals surface area (Å²) in [6.07, 6.45) is 0.835. The predicted molar refractivity (Wildman–Crippen MR) is 140 cm³/mol. The second kappa shape index (κ2) is 13.4. The Morgan fingerprint density at radius 2 is 1.55 bits per heavy atom. The summed E-state index contributed by atoms with van der Waals surface area (Å²) in [5.41, 5.74) is 1.43. The summed E-state index contributed by atoms with van der Waals surface area (Å²) in [7, 11) is 3.25. The highest BCUT2D eigenvalue weighted by Gasteiger charge is 2.13. The van der Waals surface area contributed by atoms with Gasteiger partial charge in [0, 0.05) is 37.1 Å². The van der Waals surface area contributed by atoms with Crippen LogP contribution in [-0.2, 0) is 16.1 Å². The zero-order valence-electron chi connectivity index (χ0n) is 20.7. The van der Waals surface area contributed by atoms with Gasteiger partial charge in [-0.3, -0.25) is 15.0 Å². The number of hydrogen-bond acceptors (Lipinski definition) is 7. The Balaban J connectivity index is 1.51. The minimum absolute atomic E-state index is 0.105. The maximum Gasteiger partial charge on any atom is 0.233 e. The Kier molecular flexibility index (Phi) is 9.75. The molecule has 11 heteroatoms. The van der Waals surface area contributed by atoms with E-state index in [9.17, 15) is 18.4 Å². The lowest BCUT2D eigenvalue weighted by Gasteiger charge is -2.12. The van der Waals surface area contributed by atoms with Crippen LogP contribution in [0, 0.1) is 17.0 Å². The van der Waals surface area contributed by atoms with Crippen LogP contribution < -0.4 is 30.7 Å². The van der Waals surface area contributed by atoms with Gasteiger partial charge in [0.25, 0.3) is 0 Å². The predicted octanol–water partition coefficient (Wildman–Crippen LogP) is 4.15. The molecular formula is C27H27F2N5O4. The van der Waals surface area contributed by atoms with Crippen LogP contribution in [0.4, 0.5) is 20.2 Å². The van der Waals surface area contributed by atoms with Crippen molar-refractivity contribution in [2.45, 2.75) is 13.0 Å². The van der Waals surface area contributed by atoms with E-state index in [1.807, 2.05) is 24.3 Å². The first kappa shape index (κ1) is 27.7. The topological polar surface area (TPSA) is 125 Å². The fourth-order valence-corrected chi connectivity index (χ4v) is 3.18. The van der Waals surface area contributed by atoms with E-state index < -0.39 is 29.9 Å². The molecular weight excluding hydrogens is 496 g/mol. The molecule has 0 aliphatic heterocycles. The van der Waals surface area contributed by atoms with Crippen molar-refractivity contribution in [2.24, 2.45) is 0 Å². The normalized spacial score (nSPS) is 10.8. The lowest BCUT2D eigenvalue weighted by molar-refractivity contribution is -0.123. The Bertz CT molecular complexity index is 1310. The molecule has 198 valence electrons. The molecule has 9 nitrogen and oxygen atoms in total. The van der Waals surface area contributed by atoms with E-state index >= 15 is 0 Å².